The lowest BCUT2D eigenvalue weighted by Gasteiger charge is -2.37. The number of likely N-dealkylation sites (tertiary alicyclic amines) is 1. The summed E-state index contributed by atoms with van der Waals surface area (Å²) in [5.74, 6) is -0.332. The number of nitrogens with one attached hydrogen (secondary N) is 1. The molecule has 120 valence electrons. The molecule has 1 unspecified atom stereocenters. The van der Waals surface area contributed by atoms with E-state index >= 15 is 0 Å². The first-order valence-electron chi connectivity index (χ1n) is 6.85. The number of rotatable bonds is 4. The SMILES string of the molecule is O=C(NCc1cc(Cl)ccc1-n1cnnn1)C1CCN1C(=O)O. The van der Waals surface area contributed by atoms with Gasteiger partial charge in [0, 0.05) is 18.1 Å². The number of nitrogens with zero attached hydrogens (tertiary/aromatic N) is 5. The molecule has 2 heterocycles. The van der Waals surface area contributed by atoms with Crippen LogP contribution in [0.25, 0.3) is 5.69 Å². The second-order valence-electron chi connectivity index (χ2n) is 5.03. The summed E-state index contributed by atoms with van der Waals surface area (Å²) >= 11 is 6.00. The van der Waals surface area contributed by atoms with Crippen LogP contribution in [0.2, 0.25) is 5.02 Å². The summed E-state index contributed by atoms with van der Waals surface area (Å²) in [5.41, 5.74) is 1.41. The van der Waals surface area contributed by atoms with Crippen molar-refractivity contribution >= 4 is 23.6 Å². The molecule has 2 amide bonds. The third-order valence-electron chi connectivity index (χ3n) is 3.66. The van der Waals surface area contributed by atoms with Gasteiger partial charge in [0.15, 0.2) is 0 Å². The van der Waals surface area contributed by atoms with Crippen LogP contribution in [0.15, 0.2) is 24.5 Å². The Morgan fingerprint density at radius 1 is 1.43 bits per heavy atom. The average Bonchev–Trinajstić information content (AvgIpc) is 2.97. The van der Waals surface area contributed by atoms with E-state index in [1.165, 1.54) is 11.0 Å². The van der Waals surface area contributed by atoms with Gasteiger partial charge in [0.05, 0.1) is 5.69 Å². The smallest absolute Gasteiger partial charge is 0.407 e. The zero-order valence-electron chi connectivity index (χ0n) is 11.9. The molecule has 23 heavy (non-hydrogen) atoms. The number of carbonyl (C=O) groups excluding carboxylic acids is 1. The van der Waals surface area contributed by atoms with E-state index in [0.717, 1.165) is 10.5 Å². The Labute approximate surface area is 135 Å². The van der Waals surface area contributed by atoms with Crippen molar-refractivity contribution in [2.75, 3.05) is 6.54 Å². The zero-order valence-corrected chi connectivity index (χ0v) is 12.6. The number of carboxylic acid groups (broad SMARTS) is 1. The van der Waals surface area contributed by atoms with E-state index in [-0.39, 0.29) is 12.5 Å². The van der Waals surface area contributed by atoms with Crippen LogP contribution in [0.5, 0.6) is 0 Å². The molecule has 1 fully saturated rings. The van der Waals surface area contributed by atoms with Crippen molar-refractivity contribution in [3.8, 4) is 5.69 Å². The summed E-state index contributed by atoms with van der Waals surface area (Å²) in [6.45, 7) is 0.568. The predicted molar refractivity (Wildman–Crippen MR) is 79.1 cm³/mol. The fourth-order valence-electron chi connectivity index (χ4n) is 2.38. The number of halogens is 1. The van der Waals surface area contributed by atoms with Crippen LogP contribution >= 0.6 is 11.6 Å². The standard InChI is InChI=1S/C13H13ClN6O3/c14-9-1-2-10(20-7-16-17-18-20)8(5-9)6-15-12(21)11-3-4-19(11)13(22)23/h1-2,5,7,11H,3-4,6H2,(H,15,21)(H,22,23). The molecule has 0 aliphatic carbocycles. The second-order valence-corrected chi connectivity index (χ2v) is 5.46. The molecule has 1 aromatic carbocycles. The summed E-state index contributed by atoms with van der Waals surface area (Å²) in [5, 5.41) is 23.2. The van der Waals surface area contributed by atoms with Crippen molar-refractivity contribution in [3.63, 3.8) is 0 Å². The van der Waals surface area contributed by atoms with Crippen LogP contribution in [0, 0.1) is 0 Å². The Kier molecular flexibility index (Phi) is 4.11. The fraction of sp³-hybridized carbons (Fsp3) is 0.308. The molecule has 0 spiro atoms. The average molecular weight is 337 g/mol. The summed E-state index contributed by atoms with van der Waals surface area (Å²) < 4.78 is 1.46. The Bertz CT molecular complexity index is 735. The van der Waals surface area contributed by atoms with E-state index in [1.54, 1.807) is 18.2 Å². The molecule has 1 aliphatic heterocycles. The summed E-state index contributed by atoms with van der Waals surface area (Å²) in [6, 6.07) is 4.51. The highest BCUT2D eigenvalue weighted by atomic mass is 35.5. The van der Waals surface area contributed by atoms with Crippen LogP contribution in [-0.4, -0.2) is 54.8 Å². The predicted octanol–water partition coefficient (Wildman–Crippen LogP) is 0.684. The molecule has 0 saturated carbocycles. The lowest BCUT2D eigenvalue weighted by atomic mass is 10.0. The maximum absolute atomic E-state index is 12.1. The Balaban J connectivity index is 1.72. The van der Waals surface area contributed by atoms with Gasteiger partial charge < -0.3 is 10.4 Å². The Morgan fingerprint density at radius 3 is 2.87 bits per heavy atom. The van der Waals surface area contributed by atoms with Crippen molar-refractivity contribution in [1.29, 1.82) is 0 Å². The minimum absolute atomic E-state index is 0.193. The van der Waals surface area contributed by atoms with Crippen molar-refractivity contribution in [2.45, 2.75) is 19.0 Å². The van der Waals surface area contributed by atoms with Gasteiger partial charge in [0.2, 0.25) is 5.91 Å². The lowest BCUT2D eigenvalue weighted by molar-refractivity contribution is -0.129. The van der Waals surface area contributed by atoms with E-state index in [4.69, 9.17) is 16.7 Å². The molecule has 0 bridgehead atoms. The van der Waals surface area contributed by atoms with E-state index < -0.39 is 12.1 Å². The molecule has 9 nitrogen and oxygen atoms in total. The maximum Gasteiger partial charge on any atom is 0.407 e. The number of benzene rings is 1. The summed E-state index contributed by atoms with van der Waals surface area (Å²) in [4.78, 5) is 24.1. The van der Waals surface area contributed by atoms with E-state index in [1.807, 2.05) is 0 Å². The number of carbonyl (C=O) groups is 2. The summed E-state index contributed by atoms with van der Waals surface area (Å²) in [7, 11) is 0. The van der Waals surface area contributed by atoms with Gasteiger partial charge in [-0.3, -0.25) is 9.69 Å². The largest absolute Gasteiger partial charge is 0.465 e. The molecule has 3 rings (SSSR count). The molecule has 1 saturated heterocycles. The van der Waals surface area contributed by atoms with Gasteiger partial charge in [-0.1, -0.05) is 11.6 Å². The van der Waals surface area contributed by atoms with Crippen molar-refractivity contribution in [3.05, 3.63) is 35.1 Å². The van der Waals surface area contributed by atoms with Crippen molar-refractivity contribution in [2.24, 2.45) is 0 Å². The van der Waals surface area contributed by atoms with Crippen LogP contribution < -0.4 is 5.32 Å². The van der Waals surface area contributed by atoms with Gasteiger partial charge in [-0.15, -0.1) is 5.10 Å². The van der Waals surface area contributed by atoms with Crippen LogP contribution in [-0.2, 0) is 11.3 Å². The number of hydrogen-bond acceptors (Lipinski definition) is 5. The number of tetrazole rings is 1. The normalized spacial score (nSPS) is 16.7. The number of hydrogen-bond donors (Lipinski definition) is 2. The highest BCUT2D eigenvalue weighted by molar-refractivity contribution is 6.30. The topological polar surface area (TPSA) is 113 Å². The molecule has 1 aliphatic rings. The lowest BCUT2D eigenvalue weighted by Crippen LogP contribution is -2.57. The molecule has 1 atom stereocenters. The Hall–Kier alpha value is -2.68. The van der Waals surface area contributed by atoms with Crippen LogP contribution in [0.4, 0.5) is 4.79 Å². The van der Waals surface area contributed by atoms with Gasteiger partial charge in [0.25, 0.3) is 0 Å². The van der Waals surface area contributed by atoms with Gasteiger partial charge >= 0.3 is 6.09 Å². The molecular formula is C13H13ClN6O3. The first kappa shape index (κ1) is 15.2. The first-order chi connectivity index (χ1) is 11.1. The third-order valence-corrected chi connectivity index (χ3v) is 3.89. The highest BCUT2D eigenvalue weighted by Crippen LogP contribution is 2.20. The molecule has 2 aromatic rings. The van der Waals surface area contributed by atoms with E-state index in [0.29, 0.717) is 23.7 Å². The van der Waals surface area contributed by atoms with Crippen molar-refractivity contribution in [1.82, 2.24) is 30.4 Å². The first-order valence-corrected chi connectivity index (χ1v) is 7.23. The molecular weight excluding hydrogens is 324 g/mol. The zero-order chi connectivity index (χ0) is 16.4. The van der Waals surface area contributed by atoms with Crippen LogP contribution in [0.3, 0.4) is 0 Å². The molecule has 2 N–H and O–H groups in total. The Morgan fingerprint density at radius 2 is 2.26 bits per heavy atom. The van der Waals surface area contributed by atoms with Gasteiger partial charge in [-0.25, -0.2) is 9.48 Å². The molecule has 1 aromatic heterocycles. The third kappa shape index (κ3) is 3.09. The second kappa shape index (κ2) is 6.21. The quantitative estimate of drug-likeness (QED) is 0.849. The van der Waals surface area contributed by atoms with Gasteiger partial charge in [-0.05, 0) is 40.6 Å². The minimum Gasteiger partial charge on any atom is -0.465 e. The number of aromatic nitrogens is 4. The fourth-order valence-corrected chi connectivity index (χ4v) is 2.57. The molecule has 0 radical (unpaired) electrons. The molecule has 10 heteroatoms. The minimum atomic E-state index is -1.09. The monoisotopic (exact) mass is 336 g/mol. The van der Waals surface area contributed by atoms with Crippen LogP contribution in [0.1, 0.15) is 12.0 Å². The highest BCUT2D eigenvalue weighted by Gasteiger charge is 2.37. The van der Waals surface area contributed by atoms with Gasteiger partial charge in [-0.2, -0.15) is 0 Å². The van der Waals surface area contributed by atoms with E-state index in [2.05, 4.69) is 20.8 Å². The number of amides is 2. The van der Waals surface area contributed by atoms with E-state index in [9.17, 15) is 9.59 Å². The maximum atomic E-state index is 12.1. The summed E-state index contributed by atoms with van der Waals surface area (Å²) in [6.07, 6.45) is 0.869. The van der Waals surface area contributed by atoms with Crippen molar-refractivity contribution < 1.29 is 14.7 Å². The van der Waals surface area contributed by atoms with Gasteiger partial charge in [0.1, 0.15) is 12.4 Å².